The fraction of sp³-hybridized carbons (Fsp3) is 0.429. The van der Waals surface area contributed by atoms with Crippen LogP contribution in [0, 0.1) is 6.92 Å². The van der Waals surface area contributed by atoms with Gasteiger partial charge in [-0.15, -0.1) is 0 Å². The molecule has 0 aromatic carbocycles. The molecule has 9 heteroatoms. The molecule has 3 heterocycles. The van der Waals surface area contributed by atoms with E-state index in [2.05, 4.69) is 19.9 Å². The lowest BCUT2D eigenvalue weighted by molar-refractivity contribution is -0.141. The van der Waals surface area contributed by atoms with Gasteiger partial charge in [0, 0.05) is 38.6 Å². The molecule has 2 aromatic rings. The number of aromatic nitrogens is 4. The number of hydrogen-bond donors (Lipinski definition) is 0. The van der Waals surface area contributed by atoms with Crippen LogP contribution >= 0.6 is 0 Å². The lowest BCUT2D eigenvalue weighted by Gasteiger charge is -2.44. The van der Waals surface area contributed by atoms with Crippen molar-refractivity contribution in [1.82, 2.24) is 19.9 Å². The first kappa shape index (κ1) is 15.4. The number of halogens is 3. The number of aryl methyl sites for hydroxylation is 1. The monoisotopic (exact) mass is 324 g/mol. The molecule has 0 spiro atoms. The fourth-order valence-corrected chi connectivity index (χ4v) is 2.29. The Morgan fingerprint density at radius 1 is 1.13 bits per heavy atom. The second-order valence-electron chi connectivity index (χ2n) is 5.49. The van der Waals surface area contributed by atoms with Crippen molar-refractivity contribution in [3.63, 3.8) is 0 Å². The maximum atomic E-state index is 12.7. The Labute approximate surface area is 131 Å². The molecule has 0 bridgehead atoms. The van der Waals surface area contributed by atoms with Gasteiger partial charge in [-0.25, -0.2) is 19.9 Å². The topological polar surface area (TPSA) is 58.0 Å². The van der Waals surface area contributed by atoms with Crippen LogP contribution < -0.4 is 9.80 Å². The van der Waals surface area contributed by atoms with Gasteiger partial charge in [-0.3, -0.25) is 0 Å². The molecule has 1 fully saturated rings. The molecule has 122 valence electrons. The summed E-state index contributed by atoms with van der Waals surface area (Å²) in [6.45, 7) is 3.02. The van der Waals surface area contributed by atoms with Crippen LogP contribution in [0.5, 0.6) is 0 Å². The molecular weight excluding hydrogens is 309 g/mol. The fourth-order valence-electron chi connectivity index (χ4n) is 2.29. The van der Waals surface area contributed by atoms with Crippen molar-refractivity contribution in [3.05, 3.63) is 36.0 Å². The van der Waals surface area contributed by atoms with Crippen LogP contribution in [0.3, 0.4) is 0 Å². The minimum atomic E-state index is -4.46. The smallest absolute Gasteiger partial charge is 0.352 e. The summed E-state index contributed by atoms with van der Waals surface area (Å²) in [6, 6.07) is 1.10. The highest BCUT2D eigenvalue weighted by molar-refractivity contribution is 5.46. The van der Waals surface area contributed by atoms with Gasteiger partial charge >= 0.3 is 6.18 Å². The molecule has 0 radical (unpaired) electrons. The van der Waals surface area contributed by atoms with Crippen molar-refractivity contribution in [3.8, 4) is 0 Å². The van der Waals surface area contributed by atoms with Crippen LogP contribution in [0.1, 0.15) is 11.3 Å². The highest BCUT2D eigenvalue weighted by atomic mass is 19.4. The molecule has 0 saturated carbocycles. The molecule has 0 N–H and O–H groups in total. The lowest BCUT2D eigenvalue weighted by atomic mass is 10.1. The van der Waals surface area contributed by atoms with Gasteiger partial charge in [-0.1, -0.05) is 0 Å². The van der Waals surface area contributed by atoms with E-state index in [0.29, 0.717) is 19.0 Å². The van der Waals surface area contributed by atoms with Crippen LogP contribution in [0.2, 0.25) is 0 Å². The summed E-state index contributed by atoms with van der Waals surface area (Å²) in [4.78, 5) is 19.4. The molecule has 1 saturated heterocycles. The Hall–Kier alpha value is -2.45. The van der Waals surface area contributed by atoms with Crippen LogP contribution in [0.15, 0.2) is 24.8 Å². The molecule has 0 atom stereocenters. The van der Waals surface area contributed by atoms with Crippen LogP contribution in [0.4, 0.5) is 24.9 Å². The predicted octanol–water partition coefficient (Wildman–Crippen LogP) is 1.92. The third kappa shape index (κ3) is 3.17. The van der Waals surface area contributed by atoms with Crippen molar-refractivity contribution >= 4 is 11.8 Å². The normalized spacial score (nSPS) is 15.4. The van der Waals surface area contributed by atoms with Crippen molar-refractivity contribution in [1.29, 1.82) is 0 Å². The van der Waals surface area contributed by atoms with Gasteiger partial charge in [0.2, 0.25) is 5.95 Å². The van der Waals surface area contributed by atoms with Crippen LogP contribution in [-0.4, -0.2) is 46.1 Å². The van der Waals surface area contributed by atoms with E-state index < -0.39 is 11.9 Å². The van der Waals surface area contributed by atoms with Gasteiger partial charge in [0.25, 0.3) is 0 Å². The Bertz CT molecular complexity index is 682. The molecule has 23 heavy (non-hydrogen) atoms. The molecule has 6 nitrogen and oxygen atoms in total. The van der Waals surface area contributed by atoms with Crippen molar-refractivity contribution in [2.45, 2.75) is 19.1 Å². The number of likely N-dealkylation sites (N-methyl/N-ethyl adjacent to an activating group) is 1. The van der Waals surface area contributed by atoms with Crippen LogP contribution in [0.25, 0.3) is 0 Å². The first-order valence-electron chi connectivity index (χ1n) is 7.00. The number of hydrogen-bond acceptors (Lipinski definition) is 6. The maximum Gasteiger partial charge on any atom is 0.433 e. The Morgan fingerprint density at radius 2 is 1.78 bits per heavy atom. The highest BCUT2D eigenvalue weighted by Gasteiger charge is 2.36. The third-order valence-electron chi connectivity index (χ3n) is 3.76. The largest absolute Gasteiger partial charge is 0.433 e. The quantitative estimate of drug-likeness (QED) is 0.860. The number of alkyl halides is 3. The molecule has 1 aliphatic heterocycles. The van der Waals surface area contributed by atoms with Gasteiger partial charge in [0.05, 0.1) is 6.04 Å². The minimum Gasteiger partial charge on any atom is -0.352 e. The summed E-state index contributed by atoms with van der Waals surface area (Å²) >= 11 is 0. The van der Waals surface area contributed by atoms with Gasteiger partial charge in [-0.2, -0.15) is 13.2 Å². The summed E-state index contributed by atoms with van der Waals surface area (Å²) in [5.41, 5.74) is 0.0409. The standard InChI is InChI=1S/C14H15F3N6/c1-9-4-18-13(19-5-9)22(2)10-6-23(7-10)12-3-11(14(15,16)17)20-8-21-12/h3-5,8,10H,6-7H2,1-2H3. The van der Waals surface area contributed by atoms with Crippen molar-refractivity contribution in [2.75, 3.05) is 29.9 Å². The summed E-state index contributed by atoms with van der Waals surface area (Å²) in [5, 5.41) is 0. The average molecular weight is 324 g/mol. The van der Waals surface area contributed by atoms with E-state index in [1.165, 1.54) is 0 Å². The summed E-state index contributed by atoms with van der Waals surface area (Å²) < 4.78 is 38.0. The summed E-state index contributed by atoms with van der Waals surface area (Å²) in [5.74, 6) is 0.876. The van der Waals surface area contributed by atoms with E-state index in [1.807, 2.05) is 18.9 Å². The zero-order valence-electron chi connectivity index (χ0n) is 12.6. The first-order chi connectivity index (χ1) is 10.8. The van der Waals surface area contributed by atoms with Crippen molar-refractivity contribution in [2.24, 2.45) is 0 Å². The molecule has 3 rings (SSSR count). The minimum absolute atomic E-state index is 0.127. The van der Waals surface area contributed by atoms with Gasteiger partial charge < -0.3 is 9.80 Å². The van der Waals surface area contributed by atoms with E-state index in [4.69, 9.17) is 0 Å². The van der Waals surface area contributed by atoms with Gasteiger partial charge in [0.1, 0.15) is 17.8 Å². The van der Waals surface area contributed by atoms with Gasteiger partial charge in [0.15, 0.2) is 0 Å². The molecule has 1 aliphatic rings. The summed E-state index contributed by atoms with van der Waals surface area (Å²) in [7, 11) is 1.87. The first-order valence-corrected chi connectivity index (χ1v) is 7.00. The Morgan fingerprint density at radius 3 is 2.39 bits per heavy atom. The SMILES string of the molecule is Cc1cnc(N(C)C2CN(c3cc(C(F)(F)F)ncn3)C2)nc1. The number of rotatable bonds is 3. The van der Waals surface area contributed by atoms with Crippen LogP contribution in [-0.2, 0) is 6.18 Å². The zero-order chi connectivity index (χ0) is 16.6. The number of nitrogens with zero attached hydrogens (tertiary/aromatic N) is 6. The molecule has 0 unspecified atom stereocenters. The van der Waals surface area contributed by atoms with E-state index in [1.54, 1.807) is 17.3 Å². The van der Waals surface area contributed by atoms with E-state index >= 15 is 0 Å². The molecule has 0 amide bonds. The summed E-state index contributed by atoms with van der Waals surface area (Å²) in [6.07, 6.45) is -0.0582. The van der Waals surface area contributed by atoms with Crippen molar-refractivity contribution < 1.29 is 13.2 Å². The van der Waals surface area contributed by atoms with E-state index in [0.717, 1.165) is 18.0 Å². The molecule has 2 aromatic heterocycles. The average Bonchev–Trinajstić information content (AvgIpc) is 2.46. The van der Waals surface area contributed by atoms with E-state index in [-0.39, 0.29) is 11.9 Å². The predicted molar refractivity (Wildman–Crippen MR) is 78.2 cm³/mol. The second-order valence-corrected chi connectivity index (χ2v) is 5.49. The maximum absolute atomic E-state index is 12.7. The number of anilines is 2. The Kier molecular flexibility index (Phi) is 3.78. The third-order valence-corrected chi connectivity index (χ3v) is 3.76. The van der Waals surface area contributed by atoms with E-state index in [9.17, 15) is 13.2 Å². The Balaban J connectivity index is 1.66. The zero-order valence-corrected chi connectivity index (χ0v) is 12.6. The highest BCUT2D eigenvalue weighted by Crippen LogP contribution is 2.30. The lowest BCUT2D eigenvalue weighted by Crippen LogP contribution is -2.59. The molecular formula is C14H15F3N6. The van der Waals surface area contributed by atoms with Gasteiger partial charge in [-0.05, 0) is 12.5 Å². The molecule has 0 aliphatic carbocycles. The second kappa shape index (κ2) is 5.64.